The van der Waals surface area contributed by atoms with Crippen LogP contribution in [-0.2, 0) is 0 Å². The molecule has 1 aromatic carbocycles. The van der Waals surface area contributed by atoms with Gasteiger partial charge in [-0.05, 0) is 18.2 Å². The number of hydrogen-bond donors (Lipinski definition) is 0. The summed E-state index contributed by atoms with van der Waals surface area (Å²) >= 11 is 0. The van der Waals surface area contributed by atoms with Gasteiger partial charge < -0.3 is 4.90 Å². The quantitative estimate of drug-likeness (QED) is 0.625. The molecule has 0 aliphatic heterocycles. The van der Waals surface area contributed by atoms with Gasteiger partial charge in [0.25, 0.3) is 0 Å². The van der Waals surface area contributed by atoms with Gasteiger partial charge in [-0.1, -0.05) is 0 Å². The minimum absolute atomic E-state index is 0.329. The maximum absolute atomic E-state index is 12.7. The second kappa shape index (κ2) is 3.34. The minimum atomic E-state index is -0.329. The van der Waals surface area contributed by atoms with Crippen molar-refractivity contribution in [3.05, 3.63) is 29.6 Å². The molecule has 0 unspecified atom stereocenters. The summed E-state index contributed by atoms with van der Waals surface area (Å²) in [5.74, 6) is -0.329. The van der Waals surface area contributed by atoms with Gasteiger partial charge in [-0.15, -0.1) is 0 Å². The van der Waals surface area contributed by atoms with Crippen molar-refractivity contribution in [2.45, 2.75) is 0 Å². The molecule has 0 N–H and O–H groups in total. The Morgan fingerprint density at radius 2 is 2.08 bits per heavy atom. The van der Waals surface area contributed by atoms with Gasteiger partial charge >= 0.3 is 0 Å². The lowest BCUT2D eigenvalue weighted by molar-refractivity contribution is 0.112. The summed E-state index contributed by atoms with van der Waals surface area (Å²) in [5, 5.41) is 0. The van der Waals surface area contributed by atoms with E-state index in [0.29, 0.717) is 11.3 Å². The first kappa shape index (κ1) is 8.71. The van der Waals surface area contributed by atoms with E-state index in [9.17, 15) is 9.18 Å². The van der Waals surface area contributed by atoms with Crippen LogP contribution in [0.2, 0.25) is 0 Å². The van der Waals surface area contributed by atoms with Crippen LogP contribution in [0.3, 0.4) is 0 Å². The fourth-order valence-electron chi connectivity index (χ4n) is 1.00. The summed E-state index contributed by atoms with van der Waals surface area (Å²) in [4.78, 5) is 12.2. The molecule has 12 heavy (non-hydrogen) atoms. The Hall–Kier alpha value is -1.38. The molecule has 2 nitrogen and oxygen atoms in total. The molecule has 3 heteroatoms. The number of anilines is 1. The van der Waals surface area contributed by atoms with Crippen molar-refractivity contribution in [3.8, 4) is 0 Å². The molecule has 0 heterocycles. The number of carbonyl (C=O) groups excluding carboxylic acids is 1. The van der Waals surface area contributed by atoms with Gasteiger partial charge in [-0.2, -0.15) is 0 Å². The number of rotatable bonds is 2. The SMILES string of the molecule is CN(C)c1cc(F)ccc1C=O. The topological polar surface area (TPSA) is 20.3 Å². The average molecular weight is 167 g/mol. The summed E-state index contributed by atoms with van der Waals surface area (Å²) in [6.07, 6.45) is 0.717. The van der Waals surface area contributed by atoms with E-state index in [1.807, 2.05) is 0 Å². The summed E-state index contributed by atoms with van der Waals surface area (Å²) in [5.41, 5.74) is 1.10. The third-order valence-electron chi connectivity index (χ3n) is 1.60. The first-order chi connectivity index (χ1) is 5.65. The van der Waals surface area contributed by atoms with Crippen LogP contribution in [0.25, 0.3) is 0 Å². The number of nitrogens with zero attached hydrogens (tertiary/aromatic N) is 1. The third-order valence-corrected chi connectivity index (χ3v) is 1.60. The number of benzene rings is 1. The van der Waals surface area contributed by atoms with Gasteiger partial charge in [0, 0.05) is 25.3 Å². The Bertz CT molecular complexity index is 297. The second-order valence-electron chi connectivity index (χ2n) is 2.72. The highest BCUT2D eigenvalue weighted by Gasteiger charge is 2.04. The molecule has 0 atom stereocenters. The Balaban J connectivity index is 3.21. The molecule has 0 saturated heterocycles. The Labute approximate surface area is 70.6 Å². The van der Waals surface area contributed by atoms with E-state index in [1.54, 1.807) is 19.0 Å². The Morgan fingerprint density at radius 3 is 2.58 bits per heavy atom. The molecule has 0 aliphatic rings. The molecule has 0 saturated carbocycles. The average Bonchev–Trinajstić information content (AvgIpc) is 2.04. The molecule has 0 bridgehead atoms. The van der Waals surface area contributed by atoms with Gasteiger partial charge in [0.2, 0.25) is 0 Å². The fourth-order valence-corrected chi connectivity index (χ4v) is 1.00. The smallest absolute Gasteiger partial charge is 0.152 e. The number of halogens is 1. The molecular formula is C9H10FNO. The van der Waals surface area contributed by atoms with Crippen molar-refractivity contribution in [1.82, 2.24) is 0 Å². The molecule has 0 fully saturated rings. The zero-order valence-corrected chi connectivity index (χ0v) is 7.04. The van der Waals surface area contributed by atoms with Crippen LogP contribution in [0.4, 0.5) is 10.1 Å². The highest BCUT2D eigenvalue weighted by atomic mass is 19.1. The molecule has 64 valence electrons. The zero-order valence-electron chi connectivity index (χ0n) is 7.04. The van der Waals surface area contributed by atoms with Gasteiger partial charge in [0.1, 0.15) is 5.82 Å². The summed E-state index contributed by atoms with van der Waals surface area (Å²) in [7, 11) is 3.53. The monoisotopic (exact) mass is 167 g/mol. The van der Waals surface area contributed by atoms with Gasteiger partial charge in [0.05, 0.1) is 0 Å². The van der Waals surface area contributed by atoms with Crippen molar-refractivity contribution < 1.29 is 9.18 Å². The van der Waals surface area contributed by atoms with Crippen LogP contribution in [0.1, 0.15) is 10.4 Å². The van der Waals surface area contributed by atoms with Crippen LogP contribution in [0.5, 0.6) is 0 Å². The number of aldehydes is 1. The molecule has 0 radical (unpaired) electrons. The van der Waals surface area contributed by atoms with Gasteiger partial charge in [-0.3, -0.25) is 4.79 Å². The number of carbonyl (C=O) groups is 1. The van der Waals surface area contributed by atoms with Gasteiger partial charge in [-0.25, -0.2) is 4.39 Å². The lowest BCUT2D eigenvalue weighted by atomic mass is 10.2. The Morgan fingerprint density at radius 1 is 1.42 bits per heavy atom. The lowest BCUT2D eigenvalue weighted by Gasteiger charge is -2.14. The molecule has 0 aliphatic carbocycles. The van der Waals surface area contributed by atoms with Crippen molar-refractivity contribution in [2.75, 3.05) is 19.0 Å². The van der Waals surface area contributed by atoms with Crippen LogP contribution in [-0.4, -0.2) is 20.4 Å². The largest absolute Gasteiger partial charge is 0.377 e. The standard InChI is InChI=1S/C9H10FNO/c1-11(2)9-5-8(10)4-3-7(9)6-12/h3-6H,1-2H3. The molecule has 1 aromatic rings. The summed E-state index contributed by atoms with van der Waals surface area (Å²) in [6, 6.07) is 4.08. The predicted molar refractivity (Wildman–Crippen MR) is 46.1 cm³/mol. The normalized spacial score (nSPS) is 9.58. The minimum Gasteiger partial charge on any atom is -0.377 e. The van der Waals surface area contributed by atoms with E-state index in [1.165, 1.54) is 18.2 Å². The maximum atomic E-state index is 12.7. The zero-order chi connectivity index (χ0) is 9.14. The first-order valence-electron chi connectivity index (χ1n) is 3.57. The molecule has 0 spiro atoms. The predicted octanol–water partition coefficient (Wildman–Crippen LogP) is 1.70. The maximum Gasteiger partial charge on any atom is 0.152 e. The van der Waals surface area contributed by atoms with Crippen LogP contribution in [0.15, 0.2) is 18.2 Å². The first-order valence-corrected chi connectivity index (χ1v) is 3.57. The third kappa shape index (κ3) is 1.61. The van der Waals surface area contributed by atoms with E-state index in [4.69, 9.17) is 0 Å². The van der Waals surface area contributed by atoms with E-state index >= 15 is 0 Å². The van der Waals surface area contributed by atoms with Crippen molar-refractivity contribution in [1.29, 1.82) is 0 Å². The van der Waals surface area contributed by atoms with E-state index in [2.05, 4.69) is 0 Å². The molecule has 0 amide bonds. The summed E-state index contributed by atoms with van der Waals surface area (Å²) < 4.78 is 12.7. The van der Waals surface area contributed by atoms with Crippen molar-refractivity contribution >= 4 is 12.0 Å². The fraction of sp³-hybridized carbons (Fsp3) is 0.222. The van der Waals surface area contributed by atoms with Crippen LogP contribution < -0.4 is 4.90 Å². The van der Waals surface area contributed by atoms with Gasteiger partial charge in [0.15, 0.2) is 6.29 Å². The Kier molecular flexibility index (Phi) is 2.43. The highest BCUT2D eigenvalue weighted by Crippen LogP contribution is 2.17. The number of hydrogen-bond acceptors (Lipinski definition) is 2. The van der Waals surface area contributed by atoms with E-state index < -0.39 is 0 Å². The summed E-state index contributed by atoms with van der Waals surface area (Å²) in [6.45, 7) is 0. The van der Waals surface area contributed by atoms with Crippen molar-refractivity contribution in [3.63, 3.8) is 0 Å². The highest BCUT2D eigenvalue weighted by molar-refractivity contribution is 5.84. The van der Waals surface area contributed by atoms with E-state index in [-0.39, 0.29) is 5.82 Å². The van der Waals surface area contributed by atoms with E-state index in [0.717, 1.165) is 6.29 Å². The molecular weight excluding hydrogens is 157 g/mol. The van der Waals surface area contributed by atoms with Crippen LogP contribution in [0, 0.1) is 5.82 Å². The lowest BCUT2D eigenvalue weighted by Crippen LogP contribution is -2.11. The molecule has 1 rings (SSSR count). The molecule has 0 aromatic heterocycles. The van der Waals surface area contributed by atoms with Crippen molar-refractivity contribution in [2.24, 2.45) is 0 Å². The second-order valence-corrected chi connectivity index (χ2v) is 2.72. The van der Waals surface area contributed by atoms with Crippen LogP contribution >= 0.6 is 0 Å².